The normalized spacial score (nSPS) is 17.4. The lowest BCUT2D eigenvalue weighted by molar-refractivity contribution is 0.0710. The predicted molar refractivity (Wildman–Crippen MR) is 103 cm³/mol. The number of nitrogens with zero attached hydrogens (tertiary/aromatic N) is 4. The van der Waals surface area contributed by atoms with E-state index in [2.05, 4.69) is 20.1 Å². The number of ether oxygens (including phenoxy) is 2. The second kappa shape index (κ2) is 8.70. The highest BCUT2D eigenvalue weighted by atomic mass is 16.5. The zero-order valence-electron chi connectivity index (χ0n) is 16.3. The smallest absolute Gasteiger partial charge is 0.253 e. The average molecular weight is 385 g/mol. The van der Waals surface area contributed by atoms with E-state index in [1.807, 2.05) is 29.2 Å². The number of aromatic nitrogens is 3. The molecule has 3 heterocycles. The quantitative estimate of drug-likeness (QED) is 0.758. The van der Waals surface area contributed by atoms with Crippen molar-refractivity contribution in [3.05, 3.63) is 41.5 Å². The summed E-state index contributed by atoms with van der Waals surface area (Å²) in [5, 5.41) is 12.1. The summed E-state index contributed by atoms with van der Waals surface area (Å²) >= 11 is 0. The molecule has 8 heteroatoms. The van der Waals surface area contributed by atoms with E-state index in [0.29, 0.717) is 24.7 Å². The molecule has 0 aliphatic carbocycles. The number of hydrogen-bond acceptors (Lipinski definition) is 6. The predicted octanol–water partition coefficient (Wildman–Crippen LogP) is 1.43. The Hall–Kier alpha value is -2.45. The molecular formula is C20H27N5O3. The van der Waals surface area contributed by atoms with Gasteiger partial charge in [0.1, 0.15) is 24.0 Å². The van der Waals surface area contributed by atoms with Gasteiger partial charge in [0.2, 0.25) is 0 Å². The van der Waals surface area contributed by atoms with Gasteiger partial charge >= 0.3 is 0 Å². The first-order chi connectivity index (χ1) is 13.8. The second-order valence-electron chi connectivity index (χ2n) is 7.23. The minimum absolute atomic E-state index is 0.0781. The molecule has 2 aromatic rings. The Kier molecular flexibility index (Phi) is 5.87. The highest BCUT2D eigenvalue weighted by Crippen LogP contribution is 2.28. The van der Waals surface area contributed by atoms with Gasteiger partial charge < -0.3 is 24.3 Å². The van der Waals surface area contributed by atoms with Crippen molar-refractivity contribution in [1.29, 1.82) is 0 Å². The van der Waals surface area contributed by atoms with E-state index in [1.54, 1.807) is 7.11 Å². The Balaban J connectivity index is 1.33. The highest BCUT2D eigenvalue weighted by molar-refractivity contribution is 5.94. The van der Waals surface area contributed by atoms with Gasteiger partial charge in [0.25, 0.3) is 5.91 Å². The number of piperidine rings is 1. The third-order valence-corrected chi connectivity index (χ3v) is 5.46. The molecular weight excluding hydrogens is 358 g/mol. The lowest BCUT2D eigenvalue weighted by Crippen LogP contribution is -2.38. The van der Waals surface area contributed by atoms with Crippen LogP contribution in [0.5, 0.6) is 5.75 Å². The van der Waals surface area contributed by atoms with E-state index in [-0.39, 0.29) is 5.91 Å². The lowest BCUT2D eigenvalue weighted by Gasteiger charge is -2.32. The van der Waals surface area contributed by atoms with Crippen LogP contribution in [0.1, 0.15) is 40.8 Å². The van der Waals surface area contributed by atoms with Crippen LogP contribution in [0.3, 0.4) is 0 Å². The number of methoxy groups -OCH3 is 1. The summed E-state index contributed by atoms with van der Waals surface area (Å²) in [7, 11) is 1.64. The minimum atomic E-state index is 0.0781. The molecule has 1 fully saturated rings. The van der Waals surface area contributed by atoms with Gasteiger partial charge in [-0.25, -0.2) is 0 Å². The summed E-state index contributed by atoms with van der Waals surface area (Å²) in [6.45, 7) is 5.21. The Morgan fingerprint density at radius 1 is 1.14 bits per heavy atom. The lowest BCUT2D eigenvalue weighted by atomic mass is 9.95. The molecule has 0 bridgehead atoms. The van der Waals surface area contributed by atoms with Crippen LogP contribution in [0, 0.1) is 0 Å². The van der Waals surface area contributed by atoms with Crippen LogP contribution in [0.25, 0.3) is 0 Å². The molecule has 1 aromatic carbocycles. The number of benzene rings is 1. The highest BCUT2D eigenvalue weighted by Gasteiger charge is 2.29. The number of nitrogens with one attached hydrogen (secondary N) is 1. The van der Waals surface area contributed by atoms with Crippen molar-refractivity contribution in [3.63, 3.8) is 0 Å². The molecule has 0 saturated carbocycles. The van der Waals surface area contributed by atoms with Crippen LogP contribution < -0.4 is 10.1 Å². The molecule has 1 saturated heterocycles. The van der Waals surface area contributed by atoms with Crippen molar-refractivity contribution >= 4 is 5.91 Å². The van der Waals surface area contributed by atoms with E-state index in [9.17, 15) is 4.79 Å². The van der Waals surface area contributed by atoms with Crippen molar-refractivity contribution < 1.29 is 14.3 Å². The van der Waals surface area contributed by atoms with Crippen molar-refractivity contribution in [2.45, 2.75) is 31.8 Å². The van der Waals surface area contributed by atoms with Crippen LogP contribution in [-0.4, -0.2) is 65.5 Å². The summed E-state index contributed by atoms with van der Waals surface area (Å²) in [6.07, 6.45) is 1.85. The number of fused-ring (bicyclic) bond motifs is 1. The standard InChI is InChI=1S/C20H27N5O3/c1-27-12-13-28-17-4-2-16(3-5-17)20(26)24-9-6-15(7-10-24)19-23-22-18-14-21-8-11-25(18)19/h2-5,15,21H,6-14H2,1H3. The molecule has 1 N–H and O–H groups in total. The molecule has 28 heavy (non-hydrogen) atoms. The Morgan fingerprint density at radius 3 is 2.68 bits per heavy atom. The monoisotopic (exact) mass is 385 g/mol. The van der Waals surface area contributed by atoms with Crippen molar-refractivity contribution in [2.24, 2.45) is 0 Å². The molecule has 0 radical (unpaired) electrons. The van der Waals surface area contributed by atoms with Gasteiger partial charge in [-0.1, -0.05) is 0 Å². The van der Waals surface area contributed by atoms with Gasteiger partial charge in [-0.05, 0) is 37.1 Å². The first-order valence-electron chi connectivity index (χ1n) is 9.90. The van der Waals surface area contributed by atoms with Gasteiger partial charge in [0, 0.05) is 44.8 Å². The fourth-order valence-corrected chi connectivity index (χ4v) is 3.88. The van der Waals surface area contributed by atoms with Gasteiger partial charge in [-0.3, -0.25) is 4.79 Å². The summed E-state index contributed by atoms with van der Waals surface area (Å²) in [4.78, 5) is 14.8. The summed E-state index contributed by atoms with van der Waals surface area (Å²) in [5.74, 6) is 3.31. The van der Waals surface area contributed by atoms with Crippen LogP contribution in [0.4, 0.5) is 0 Å². The third kappa shape index (κ3) is 4.02. The summed E-state index contributed by atoms with van der Waals surface area (Å²) < 4.78 is 12.8. The molecule has 2 aliphatic rings. The Bertz CT molecular complexity index is 797. The molecule has 1 amide bonds. The maximum absolute atomic E-state index is 12.8. The SMILES string of the molecule is COCCOc1ccc(C(=O)N2CCC(c3nnc4n3CCNC4)CC2)cc1. The number of rotatable bonds is 6. The topological polar surface area (TPSA) is 81.5 Å². The number of hydrogen-bond donors (Lipinski definition) is 1. The third-order valence-electron chi connectivity index (χ3n) is 5.46. The number of amides is 1. The average Bonchev–Trinajstić information content (AvgIpc) is 3.18. The van der Waals surface area contributed by atoms with Crippen LogP contribution >= 0.6 is 0 Å². The Labute approximate surface area is 164 Å². The molecule has 4 rings (SSSR count). The molecule has 1 aromatic heterocycles. The first-order valence-corrected chi connectivity index (χ1v) is 9.90. The van der Waals surface area contributed by atoms with Gasteiger partial charge in [-0.2, -0.15) is 0 Å². The second-order valence-corrected chi connectivity index (χ2v) is 7.23. The van der Waals surface area contributed by atoms with E-state index in [1.165, 1.54) is 0 Å². The van der Waals surface area contributed by atoms with E-state index >= 15 is 0 Å². The molecule has 0 unspecified atom stereocenters. The van der Waals surface area contributed by atoms with Crippen molar-refractivity contribution in [2.75, 3.05) is 40.0 Å². The maximum Gasteiger partial charge on any atom is 0.253 e. The zero-order valence-corrected chi connectivity index (χ0v) is 16.3. The molecule has 8 nitrogen and oxygen atoms in total. The molecule has 0 spiro atoms. The summed E-state index contributed by atoms with van der Waals surface area (Å²) in [6, 6.07) is 7.34. The zero-order chi connectivity index (χ0) is 19.3. The fraction of sp³-hybridized carbons (Fsp3) is 0.550. The summed E-state index contributed by atoms with van der Waals surface area (Å²) in [5.41, 5.74) is 0.698. The largest absolute Gasteiger partial charge is 0.491 e. The maximum atomic E-state index is 12.8. The molecule has 0 atom stereocenters. The Morgan fingerprint density at radius 2 is 1.93 bits per heavy atom. The van der Waals surface area contributed by atoms with Crippen LogP contribution in [-0.2, 0) is 17.8 Å². The van der Waals surface area contributed by atoms with E-state index < -0.39 is 0 Å². The number of carbonyl (C=O) groups excluding carboxylic acids is 1. The fourth-order valence-electron chi connectivity index (χ4n) is 3.88. The van der Waals surface area contributed by atoms with Crippen molar-refractivity contribution in [3.8, 4) is 5.75 Å². The minimum Gasteiger partial charge on any atom is -0.491 e. The van der Waals surface area contributed by atoms with Gasteiger partial charge in [-0.15, -0.1) is 10.2 Å². The van der Waals surface area contributed by atoms with Crippen LogP contribution in [0.15, 0.2) is 24.3 Å². The number of likely N-dealkylation sites (tertiary alicyclic amines) is 1. The molecule has 150 valence electrons. The van der Waals surface area contributed by atoms with E-state index in [4.69, 9.17) is 9.47 Å². The molecule has 2 aliphatic heterocycles. The first kappa shape index (κ1) is 18.9. The van der Waals surface area contributed by atoms with Crippen LogP contribution in [0.2, 0.25) is 0 Å². The van der Waals surface area contributed by atoms with Crippen molar-refractivity contribution in [1.82, 2.24) is 25.0 Å². The number of carbonyl (C=O) groups is 1. The van der Waals surface area contributed by atoms with E-state index in [0.717, 1.165) is 63.0 Å². The van der Waals surface area contributed by atoms with Gasteiger partial charge in [0.15, 0.2) is 0 Å². The van der Waals surface area contributed by atoms with Gasteiger partial charge in [0.05, 0.1) is 13.2 Å².